The SMILES string of the molecule is CCNCC1CCC(CN2CCC3C(CCCN3C)C2)O1. The maximum Gasteiger partial charge on any atom is 0.0707 e. The van der Waals surface area contributed by atoms with E-state index in [4.69, 9.17) is 4.74 Å². The van der Waals surface area contributed by atoms with Crippen molar-refractivity contribution in [3.8, 4) is 0 Å². The second-order valence-corrected chi connectivity index (χ2v) is 7.26. The van der Waals surface area contributed by atoms with Crippen LogP contribution in [0.25, 0.3) is 0 Å². The molecule has 4 atom stereocenters. The Balaban J connectivity index is 1.42. The Kier molecular flexibility index (Phi) is 5.54. The van der Waals surface area contributed by atoms with E-state index in [1.54, 1.807) is 0 Å². The summed E-state index contributed by atoms with van der Waals surface area (Å²) in [5.74, 6) is 0.899. The highest BCUT2D eigenvalue weighted by atomic mass is 16.5. The van der Waals surface area contributed by atoms with Crippen LogP contribution in [-0.2, 0) is 4.74 Å². The largest absolute Gasteiger partial charge is 0.372 e. The maximum absolute atomic E-state index is 6.21. The van der Waals surface area contributed by atoms with Crippen molar-refractivity contribution in [3.63, 3.8) is 0 Å². The molecule has 0 bridgehead atoms. The van der Waals surface area contributed by atoms with Crippen molar-refractivity contribution in [2.24, 2.45) is 5.92 Å². The second kappa shape index (κ2) is 7.40. The molecule has 0 aliphatic carbocycles. The molecule has 4 heteroatoms. The first-order valence-electron chi connectivity index (χ1n) is 9.05. The lowest BCUT2D eigenvalue weighted by Gasteiger charge is -2.46. The number of ether oxygens (including phenoxy) is 1. The molecule has 122 valence electrons. The predicted molar refractivity (Wildman–Crippen MR) is 86.6 cm³/mol. The van der Waals surface area contributed by atoms with Gasteiger partial charge in [-0.3, -0.25) is 0 Å². The first kappa shape index (κ1) is 15.7. The smallest absolute Gasteiger partial charge is 0.0707 e. The monoisotopic (exact) mass is 295 g/mol. The minimum atomic E-state index is 0.452. The van der Waals surface area contributed by atoms with Crippen molar-refractivity contribution < 1.29 is 4.74 Å². The van der Waals surface area contributed by atoms with Crippen LogP contribution in [0.2, 0.25) is 0 Å². The van der Waals surface area contributed by atoms with Crippen LogP contribution in [0.3, 0.4) is 0 Å². The van der Waals surface area contributed by atoms with E-state index in [9.17, 15) is 0 Å². The van der Waals surface area contributed by atoms with Crippen molar-refractivity contribution in [2.75, 3.05) is 46.3 Å². The summed E-state index contributed by atoms with van der Waals surface area (Å²) in [5, 5.41) is 3.41. The number of hydrogen-bond acceptors (Lipinski definition) is 4. The average Bonchev–Trinajstić information content (AvgIpc) is 2.93. The molecule has 0 amide bonds. The van der Waals surface area contributed by atoms with Gasteiger partial charge in [0.1, 0.15) is 0 Å². The van der Waals surface area contributed by atoms with Gasteiger partial charge in [-0.15, -0.1) is 0 Å². The molecule has 0 spiro atoms. The minimum absolute atomic E-state index is 0.452. The Bertz CT molecular complexity index is 325. The summed E-state index contributed by atoms with van der Waals surface area (Å²) in [6.45, 7) is 9.28. The molecule has 1 N–H and O–H groups in total. The Hall–Kier alpha value is -0.160. The second-order valence-electron chi connectivity index (χ2n) is 7.26. The van der Waals surface area contributed by atoms with Crippen LogP contribution in [0.15, 0.2) is 0 Å². The predicted octanol–water partition coefficient (Wildman–Crippen LogP) is 1.56. The fourth-order valence-electron chi connectivity index (χ4n) is 4.55. The zero-order valence-corrected chi connectivity index (χ0v) is 13.9. The Morgan fingerprint density at radius 1 is 1.10 bits per heavy atom. The third kappa shape index (κ3) is 3.98. The van der Waals surface area contributed by atoms with Crippen LogP contribution >= 0.6 is 0 Å². The van der Waals surface area contributed by atoms with E-state index in [2.05, 4.69) is 29.1 Å². The first-order chi connectivity index (χ1) is 10.3. The highest BCUT2D eigenvalue weighted by Crippen LogP contribution is 2.30. The first-order valence-corrected chi connectivity index (χ1v) is 9.05. The molecule has 0 radical (unpaired) electrons. The van der Waals surface area contributed by atoms with Crippen LogP contribution in [0, 0.1) is 5.92 Å². The summed E-state index contributed by atoms with van der Waals surface area (Å²) in [5.41, 5.74) is 0. The summed E-state index contributed by atoms with van der Waals surface area (Å²) in [4.78, 5) is 5.28. The van der Waals surface area contributed by atoms with E-state index in [1.165, 1.54) is 51.7 Å². The van der Waals surface area contributed by atoms with Gasteiger partial charge in [0.15, 0.2) is 0 Å². The third-order valence-electron chi connectivity index (χ3n) is 5.71. The third-order valence-corrected chi connectivity index (χ3v) is 5.71. The van der Waals surface area contributed by atoms with Crippen LogP contribution in [-0.4, -0.2) is 74.4 Å². The Labute approximate surface area is 130 Å². The number of likely N-dealkylation sites (tertiary alicyclic amines) is 2. The lowest BCUT2D eigenvalue weighted by Crippen LogP contribution is -2.53. The van der Waals surface area contributed by atoms with Gasteiger partial charge in [0.05, 0.1) is 12.2 Å². The molecular weight excluding hydrogens is 262 g/mol. The minimum Gasteiger partial charge on any atom is -0.372 e. The van der Waals surface area contributed by atoms with Crippen molar-refractivity contribution in [1.29, 1.82) is 0 Å². The molecule has 3 aliphatic rings. The lowest BCUT2D eigenvalue weighted by molar-refractivity contribution is -0.00772. The molecule has 0 saturated carbocycles. The van der Waals surface area contributed by atoms with E-state index in [0.29, 0.717) is 12.2 Å². The van der Waals surface area contributed by atoms with E-state index >= 15 is 0 Å². The molecule has 0 aromatic rings. The normalized spacial score (nSPS) is 38.6. The van der Waals surface area contributed by atoms with Crippen LogP contribution in [0.1, 0.15) is 39.0 Å². The van der Waals surface area contributed by atoms with E-state index in [0.717, 1.165) is 31.6 Å². The number of piperidine rings is 2. The summed E-state index contributed by atoms with van der Waals surface area (Å²) >= 11 is 0. The quantitative estimate of drug-likeness (QED) is 0.833. The van der Waals surface area contributed by atoms with Crippen molar-refractivity contribution in [2.45, 2.75) is 57.3 Å². The number of hydrogen-bond donors (Lipinski definition) is 1. The summed E-state index contributed by atoms with van der Waals surface area (Å²) < 4.78 is 6.21. The van der Waals surface area contributed by atoms with Gasteiger partial charge in [-0.1, -0.05) is 6.92 Å². The highest BCUT2D eigenvalue weighted by molar-refractivity contribution is 4.90. The van der Waals surface area contributed by atoms with Crippen molar-refractivity contribution >= 4 is 0 Å². The topological polar surface area (TPSA) is 27.7 Å². The zero-order chi connectivity index (χ0) is 14.7. The van der Waals surface area contributed by atoms with E-state index < -0.39 is 0 Å². The summed E-state index contributed by atoms with van der Waals surface area (Å²) in [6, 6.07) is 0.848. The highest BCUT2D eigenvalue weighted by Gasteiger charge is 2.35. The van der Waals surface area contributed by atoms with Gasteiger partial charge in [-0.25, -0.2) is 0 Å². The molecule has 3 aliphatic heterocycles. The molecule has 4 nitrogen and oxygen atoms in total. The number of fused-ring (bicyclic) bond motifs is 1. The number of rotatable bonds is 5. The lowest BCUT2D eigenvalue weighted by atomic mass is 9.84. The molecule has 4 unspecified atom stereocenters. The average molecular weight is 295 g/mol. The molecule has 0 aromatic carbocycles. The zero-order valence-electron chi connectivity index (χ0n) is 13.9. The van der Waals surface area contributed by atoms with Gasteiger partial charge in [0.2, 0.25) is 0 Å². The van der Waals surface area contributed by atoms with Gasteiger partial charge in [-0.05, 0) is 64.7 Å². The van der Waals surface area contributed by atoms with Crippen LogP contribution < -0.4 is 5.32 Å². The van der Waals surface area contributed by atoms with Gasteiger partial charge in [0, 0.05) is 25.7 Å². The summed E-state index contributed by atoms with van der Waals surface area (Å²) in [7, 11) is 2.32. The molecule has 0 aromatic heterocycles. The molecule has 3 heterocycles. The molecular formula is C17H33N3O. The van der Waals surface area contributed by atoms with Gasteiger partial charge < -0.3 is 19.9 Å². The Morgan fingerprint density at radius 2 is 1.95 bits per heavy atom. The van der Waals surface area contributed by atoms with Gasteiger partial charge >= 0.3 is 0 Å². The number of nitrogens with one attached hydrogen (secondary N) is 1. The van der Waals surface area contributed by atoms with Gasteiger partial charge in [0.25, 0.3) is 0 Å². The van der Waals surface area contributed by atoms with Crippen LogP contribution in [0.5, 0.6) is 0 Å². The summed E-state index contributed by atoms with van der Waals surface area (Å²) in [6.07, 6.45) is 7.59. The van der Waals surface area contributed by atoms with Crippen molar-refractivity contribution in [3.05, 3.63) is 0 Å². The standard InChI is InChI=1S/C17H33N3O/c1-3-18-11-15-6-7-16(21-15)13-20-10-8-17-14(12-20)5-4-9-19(17)2/h14-18H,3-13H2,1-2H3. The van der Waals surface area contributed by atoms with Crippen LogP contribution in [0.4, 0.5) is 0 Å². The molecule has 21 heavy (non-hydrogen) atoms. The molecule has 3 fully saturated rings. The number of nitrogens with zero attached hydrogens (tertiary/aromatic N) is 2. The number of likely N-dealkylation sites (N-methyl/N-ethyl adjacent to an activating group) is 1. The Morgan fingerprint density at radius 3 is 2.81 bits per heavy atom. The van der Waals surface area contributed by atoms with Gasteiger partial charge in [-0.2, -0.15) is 0 Å². The molecule has 3 saturated heterocycles. The molecule has 3 rings (SSSR count). The maximum atomic E-state index is 6.21. The fourth-order valence-corrected chi connectivity index (χ4v) is 4.55. The van der Waals surface area contributed by atoms with E-state index in [1.807, 2.05) is 0 Å². The fraction of sp³-hybridized carbons (Fsp3) is 1.00. The van der Waals surface area contributed by atoms with Crippen molar-refractivity contribution in [1.82, 2.24) is 15.1 Å². The van der Waals surface area contributed by atoms with E-state index in [-0.39, 0.29) is 0 Å².